The van der Waals surface area contributed by atoms with Crippen LogP contribution in [0.3, 0.4) is 0 Å². The summed E-state index contributed by atoms with van der Waals surface area (Å²) in [7, 11) is 0. The van der Waals surface area contributed by atoms with Gasteiger partial charge in [0.25, 0.3) is 0 Å². The summed E-state index contributed by atoms with van der Waals surface area (Å²) in [5.41, 5.74) is 0. The summed E-state index contributed by atoms with van der Waals surface area (Å²) in [6.45, 7) is 4.36. The summed E-state index contributed by atoms with van der Waals surface area (Å²) >= 11 is 0. The molecule has 1 unspecified atom stereocenters. The second-order valence-corrected chi connectivity index (χ2v) is 4.64. The molecule has 0 saturated heterocycles. The van der Waals surface area contributed by atoms with Crippen LogP contribution in [0.15, 0.2) is 0 Å². The van der Waals surface area contributed by atoms with Gasteiger partial charge in [-0.1, -0.05) is 18.8 Å². The zero-order valence-corrected chi connectivity index (χ0v) is 10.3. The maximum Gasteiger partial charge on any atom is 0.237 e. The van der Waals surface area contributed by atoms with E-state index in [1.165, 1.54) is 25.7 Å². The third kappa shape index (κ3) is 3.86. The Kier molecular flexibility index (Phi) is 5.34. The molecule has 3 nitrogen and oxygen atoms in total. The van der Waals surface area contributed by atoms with Gasteiger partial charge in [0.05, 0.1) is 12.6 Å². The van der Waals surface area contributed by atoms with Crippen molar-refractivity contribution in [2.24, 2.45) is 5.92 Å². The maximum atomic E-state index is 11.6. The van der Waals surface area contributed by atoms with Crippen LogP contribution in [-0.2, 0) is 4.79 Å². The van der Waals surface area contributed by atoms with E-state index in [-0.39, 0.29) is 11.9 Å². The van der Waals surface area contributed by atoms with Gasteiger partial charge in [-0.15, -0.1) is 6.42 Å². The first-order valence-corrected chi connectivity index (χ1v) is 6.12. The van der Waals surface area contributed by atoms with E-state index in [1.807, 2.05) is 6.92 Å². The van der Waals surface area contributed by atoms with Crippen LogP contribution < -0.4 is 10.6 Å². The van der Waals surface area contributed by atoms with E-state index in [2.05, 4.69) is 23.5 Å². The van der Waals surface area contributed by atoms with Crippen LogP contribution in [0.2, 0.25) is 0 Å². The summed E-state index contributed by atoms with van der Waals surface area (Å²) < 4.78 is 0. The van der Waals surface area contributed by atoms with Crippen LogP contribution in [0.5, 0.6) is 0 Å². The first-order valence-electron chi connectivity index (χ1n) is 6.12. The van der Waals surface area contributed by atoms with Gasteiger partial charge in [0.15, 0.2) is 0 Å². The molecular weight excluding hydrogens is 200 g/mol. The largest absolute Gasteiger partial charge is 0.344 e. The standard InChI is InChI=1S/C13H22N2O/c1-4-9-14-13(16)11(3)15-10(2)12-7-5-6-8-12/h1,10-12,15H,5-9H2,2-3H3,(H,14,16)/t10-,11?/m0/s1. The molecule has 0 spiro atoms. The Labute approximate surface area is 98.4 Å². The molecule has 3 heteroatoms. The molecule has 0 aliphatic heterocycles. The molecule has 0 aromatic carbocycles. The summed E-state index contributed by atoms with van der Waals surface area (Å²) in [5.74, 6) is 3.12. The quantitative estimate of drug-likeness (QED) is 0.688. The van der Waals surface area contributed by atoms with Gasteiger partial charge in [-0.2, -0.15) is 0 Å². The number of carbonyl (C=O) groups excluding carboxylic acids is 1. The zero-order chi connectivity index (χ0) is 12.0. The first-order chi connectivity index (χ1) is 7.65. The Morgan fingerprint density at radius 3 is 2.62 bits per heavy atom. The van der Waals surface area contributed by atoms with Crippen LogP contribution >= 0.6 is 0 Å². The molecule has 0 heterocycles. The smallest absolute Gasteiger partial charge is 0.237 e. The third-order valence-corrected chi connectivity index (χ3v) is 3.38. The monoisotopic (exact) mass is 222 g/mol. The molecular formula is C13H22N2O. The lowest BCUT2D eigenvalue weighted by atomic mass is 9.99. The minimum Gasteiger partial charge on any atom is -0.344 e. The van der Waals surface area contributed by atoms with Crippen molar-refractivity contribution in [3.63, 3.8) is 0 Å². The van der Waals surface area contributed by atoms with Crippen LogP contribution in [0.25, 0.3) is 0 Å². The SMILES string of the molecule is C#CCNC(=O)C(C)N[C@@H](C)C1CCCC1. The highest BCUT2D eigenvalue weighted by molar-refractivity contribution is 5.81. The fourth-order valence-electron chi connectivity index (χ4n) is 2.35. The lowest BCUT2D eigenvalue weighted by Gasteiger charge is -2.24. The number of rotatable bonds is 5. The van der Waals surface area contributed by atoms with E-state index in [9.17, 15) is 4.79 Å². The summed E-state index contributed by atoms with van der Waals surface area (Å²) in [5, 5.41) is 6.04. The summed E-state index contributed by atoms with van der Waals surface area (Å²) in [6, 6.07) is 0.248. The van der Waals surface area contributed by atoms with Crippen molar-refractivity contribution < 1.29 is 4.79 Å². The Hall–Kier alpha value is -1.01. The van der Waals surface area contributed by atoms with Crippen molar-refractivity contribution in [3.8, 4) is 12.3 Å². The molecule has 0 bridgehead atoms. The Morgan fingerprint density at radius 2 is 2.06 bits per heavy atom. The van der Waals surface area contributed by atoms with Crippen molar-refractivity contribution >= 4 is 5.91 Å². The van der Waals surface area contributed by atoms with Crippen molar-refractivity contribution in [1.82, 2.24) is 10.6 Å². The molecule has 1 aliphatic carbocycles. The van der Waals surface area contributed by atoms with Gasteiger partial charge in [-0.05, 0) is 32.6 Å². The van der Waals surface area contributed by atoms with Gasteiger partial charge in [0.1, 0.15) is 0 Å². The van der Waals surface area contributed by atoms with Gasteiger partial charge < -0.3 is 10.6 Å². The van der Waals surface area contributed by atoms with Crippen molar-refractivity contribution in [3.05, 3.63) is 0 Å². The minimum atomic E-state index is -0.163. The van der Waals surface area contributed by atoms with Crippen molar-refractivity contribution in [2.45, 2.75) is 51.6 Å². The van der Waals surface area contributed by atoms with E-state index in [1.54, 1.807) is 0 Å². The van der Waals surface area contributed by atoms with E-state index < -0.39 is 0 Å². The van der Waals surface area contributed by atoms with Gasteiger partial charge in [0.2, 0.25) is 5.91 Å². The lowest BCUT2D eigenvalue weighted by Crippen LogP contribution is -2.47. The fraction of sp³-hybridized carbons (Fsp3) is 0.769. The molecule has 0 aromatic rings. The van der Waals surface area contributed by atoms with Gasteiger partial charge >= 0.3 is 0 Å². The molecule has 90 valence electrons. The van der Waals surface area contributed by atoms with Gasteiger partial charge in [-0.25, -0.2) is 0 Å². The molecule has 2 N–H and O–H groups in total. The highest BCUT2D eigenvalue weighted by Crippen LogP contribution is 2.27. The Morgan fingerprint density at radius 1 is 1.44 bits per heavy atom. The molecule has 1 aliphatic rings. The predicted octanol–water partition coefficient (Wildman–Crippen LogP) is 1.29. The molecule has 1 amide bonds. The normalized spacial score (nSPS) is 20.1. The van der Waals surface area contributed by atoms with Gasteiger partial charge in [-0.3, -0.25) is 4.79 Å². The van der Waals surface area contributed by atoms with Crippen LogP contribution in [0.1, 0.15) is 39.5 Å². The molecule has 2 atom stereocenters. The van der Waals surface area contributed by atoms with Crippen molar-refractivity contribution in [2.75, 3.05) is 6.54 Å². The predicted molar refractivity (Wildman–Crippen MR) is 65.9 cm³/mol. The summed E-state index contributed by atoms with van der Waals surface area (Å²) in [4.78, 5) is 11.6. The average Bonchev–Trinajstić information content (AvgIpc) is 2.79. The number of hydrogen-bond donors (Lipinski definition) is 2. The topological polar surface area (TPSA) is 41.1 Å². The Balaban J connectivity index is 2.29. The number of carbonyl (C=O) groups is 1. The van der Waals surface area contributed by atoms with Crippen LogP contribution in [0.4, 0.5) is 0 Å². The molecule has 16 heavy (non-hydrogen) atoms. The Bertz CT molecular complexity index is 264. The average molecular weight is 222 g/mol. The molecule has 0 radical (unpaired) electrons. The zero-order valence-electron chi connectivity index (χ0n) is 10.3. The van der Waals surface area contributed by atoms with E-state index in [0.717, 1.165) is 5.92 Å². The number of terminal acetylenes is 1. The van der Waals surface area contributed by atoms with E-state index >= 15 is 0 Å². The molecule has 0 aromatic heterocycles. The second-order valence-electron chi connectivity index (χ2n) is 4.64. The van der Waals surface area contributed by atoms with E-state index in [0.29, 0.717) is 12.6 Å². The first kappa shape index (κ1) is 13.1. The second kappa shape index (κ2) is 6.55. The summed E-state index contributed by atoms with van der Waals surface area (Å²) in [6.07, 6.45) is 10.3. The van der Waals surface area contributed by atoms with Crippen molar-refractivity contribution in [1.29, 1.82) is 0 Å². The maximum absolute atomic E-state index is 11.6. The number of nitrogens with one attached hydrogen (secondary N) is 2. The van der Waals surface area contributed by atoms with Crippen LogP contribution in [-0.4, -0.2) is 24.5 Å². The van der Waals surface area contributed by atoms with Gasteiger partial charge in [0, 0.05) is 6.04 Å². The number of hydrogen-bond acceptors (Lipinski definition) is 2. The molecule has 1 rings (SSSR count). The lowest BCUT2D eigenvalue weighted by molar-refractivity contribution is -0.122. The van der Waals surface area contributed by atoms with Crippen LogP contribution in [0, 0.1) is 18.3 Å². The molecule has 1 saturated carbocycles. The minimum absolute atomic E-state index is 0.0113. The van der Waals surface area contributed by atoms with E-state index in [4.69, 9.17) is 6.42 Å². The number of amides is 1. The highest BCUT2D eigenvalue weighted by Gasteiger charge is 2.24. The third-order valence-electron chi connectivity index (χ3n) is 3.38. The highest BCUT2D eigenvalue weighted by atomic mass is 16.2. The molecule has 1 fully saturated rings. The fourth-order valence-corrected chi connectivity index (χ4v) is 2.35.